The summed E-state index contributed by atoms with van der Waals surface area (Å²) in [6.07, 6.45) is 2.66. The Bertz CT molecular complexity index is 586. The normalized spacial score (nSPS) is 16.8. The Morgan fingerprint density at radius 1 is 1.37 bits per heavy atom. The van der Waals surface area contributed by atoms with Crippen molar-refractivity contribution in [2.75, 3.05) is 24.2 Å². The molecule has 5 heteroatoms. The van der Waals surface area contributed by atoms with Crippen LogP contribution in [0.25, 0.3) is 10.2 Å². The van der Waals surface area contributed by atoms with Gasteiger partial charge >= 0.3 is 0 Å². The molecule has 0 amide bonds. The summed E-state index contributed by atoms with van der Waals surface area (Å²) < 4.78 is 0. The zero-order valence-electron chi connectivity index (χ0n) is 11.7. The van der Waals surface area contributed by atoms with Gasteiger partial charge in [-0.15, -0.1) is 11.3 Å². The molecular formula is C14H20N4S. The molecule has 2 aromatic heterocycles. The lowest BCUT2D eigenvalue weighted by molar-refractivity contribution is 0.380. The molecule has 0 atom stereocenters. The number of hydrogen-bond acceptors (Lipinski definition) is 5. The third-order valence-corrected chi connectivity index (χ3v) is 5.08. The van der Waals surface area contributed by atoms with Crippen LogP contribution in [0.5, 0.6) is 0 Å². The second-order valence-corrected chi connectivity index (χ2v) is 6.55. The third-order valence-electron chi connectivity index (χ3n) is 4.27. The molecule has 102 valence electrons. The van der Waals surface area contributed by atoms with Gasteiger partial charge in [0.15, 0.2) is 0 Å². The summed E-state index contributed by atoms with van der Waals surface area (Å²) in [6.45, 7) is 5.64. The fourth-order valence-electron chi connectivity index (χ4n) is 2.48. The monoisotopic (exact) mass is 276 g/mol. The zero-order chi connectivity index (χ0) is 13.5. The molecule has 2 aromatic rings. The van der Waals surface area contributed by atoms with Crippen LogP contribution >= 0.6 is 11.3 Å². The van der Waals surface area contributed by atoms with Gasteiger partial charge in [-0.25, -0.2) is 4.98 Å². The fraction of sp³-hybridized carbons (Fsp3) is 0.571. The predicted molar refractivity (Wildman–Crippen MR) is 82.0 cm³/mol. The first-order chi connectivity index (χ1) is 9.14. The van der Waals surface area contributed by atoms with Crippen molar-refractivity contribution >= 4 is 33.3 Å². The van der Waals surface area contributed by atoms with Crippen LogP contribution in [0.1, 0.15) is 26.7 Å². The highest BCUT2D eigenvalue weighted by molar-refractivity contribution is 7.16. The van der Waals surface area contributed by atoms with Crippen molar-refractivity contribution < 1.29 is 0 Å². The molecule has 3 rings (SSSR count). The lowest BCUT2D eigenvalue weighted by Gasteiger charge is -2.20. The van der Waals surface area contributed by atoms with Gasteiger partial charge in [-0.3, -0.25) is 0 Å². The van der Waals surface area contributed by atoms with Crippen molar-refractivity contribution in [1.82, 2.24) is 9.97 Å². The first kappa shape index (κ1) is 12.7. The number of anilines is 2. The summed E-state index contributed by atoms with van der Waals surface area (Å²) >= 11 is 1.66. The first-order valence-electron chi connectivity index (χ1n) is 6.81. The van der Waals surface area contributed by atoms with E-state index in [1.54, 1.807) is 11.3 Å². The Morgan fingerprint density at radius 2 is 2.16 bits per heavy atom. The Balaban J connectivity index is 1.85. The van der Waals surface area contributed by atoms with E-state index in [9.17, 15) is 0 Å². The molecular weight excluding hydrogens is 256 g/mol. The van der Waals surface area contributed by atoms with Crippen LogP contribution in [0, 0.1) is 11.3 Å². The van der Waals surface area contributed by atoms with Crippen LogP contribution in [0.15, 0.2) is 11.4 Å². The summed E-state index contributed by atoms with van der Waals surface area (Å²) in [4.78, 5) is 10.1. The third kappa shape index (κ3) is 2.27. The zero-order valence-corrected chi connectivity index (χ0v) is 12.5. The molecule has 0 unspecified atom stereocenters. The van der Waals surface area contributed by atoms with E-state index in [0.717, 1.165) is 28.5 Å². The molecule has 1 fully saturated rings. The van der Waals surface area contributed by atoms with Gasteiger partial charge in [0.25, 0.3) is 0 Å². The van der Waals surface area contributed by atoms with E-state index >= 15 is 0 Å². The quantitative estimate of drug-likeness (QED) is 0.876. The molecule has 0 aliphatic heterocycles. The molecule has 2 N–H and O–H groups in total. The maximum Gasteiger partial charge on any atom is 0.225 e. The minimum Gasteiger partial charge on any atom is -0.369 e. The summed E-state index contributed by atoms with van der Waals surface area (Å²) in [5.41, 5.74) is 0.479. The standard InChI is InChI=1S/C14H20N4S/c1-9(2)14(5-6-14)8-16-11-10-4-7-19-12(10)18-13(15-3)17-11/h4,7,9H,5-6,8H2,1-3H3,(H2,15,16,17,18). The number of nitrogens with one attached hydrogen (secondary N) is 2. The number of rotatable bonds is 5. The summed E-state index contributed by atoms with van der Waals surface area (Å²) in [7, 11) is 1.86. The van der Waals surface area contributed by atoms with E-state index in [1.807, 2.05) is 7.05 Å². The van der Waals surface area contributed by atoms with Crippen LogP contribution in [-0.2, 0) is 0 Å². The smallest absolute Gasteiger partial charge is 0.225 e. The number of nitrogens with zero attached hydrogens (tertiary/aromatic N) is 2. The maximum absolute atomic E-state index is 4.56. The number of aromatic nitrogens is 2. The van der Waals surface area contributed by atoms with E-state index in [2.05, 4.69) is 45.9 Å². The molecule has 0 radical (unpaired) electrons. The molecule has 1 aliphatic carbocycles. The summed E-state index contributed by atoms with van der Waals surface area (Å²) in [5.74, 6) is 2.37. The predicted octanol–water partition coefficient (Wildman–Crippen LogP) is 3.58. The van der Waals surface area contributed by atoms with Crippen molar-refractivity contribution in [3.8, 4) is 0 Å². The Labute approximate surface area is 117 Å². The molecule has 19 heavy (non-hydrogen) atoms. The number of thiophene rings is 1. The highest BCUT2D eigenvalue weighted by Gasteiger charge is 2.45. The SMILES string of the molecule is CNc1nc(NCC2(C(C)C)CC2)c2ccsc2n1. The van der Waals surface area contributed by atoms with Gasteiger partial charge in [-0.1, -0.05) is 13.8 Å². The molecule has 0 saturated heterocycles. The number of hydrogen-bond donors (Lipinski definition) is 2. The molecule has 0 spiro atoms. The van der Waals surface area contributed by atoms with Crippen molar-refractivity contribution in [1.29, 1.82) is 0 Å². The average Bonchev–Trinajstić information content (AvgIpc) is 3.06. The van der Waals surface area contributed by atoms with Crippen LogP contribution in [0.2, 0.25) is 0 Å². The summed E-state index contributed by atoms with van der Waals surface area (Å²) in [5, 5.41) is 9.77. The van der Waals surface area contributed by atoms with Crippen LogP contribution < -0.4 is 10.6 Å². The second kappa shape index (κ2) is 4.63. The minimum atomic E-state index is 0.479. The molecule has 1 aliphatic rings. The summed E-state index contributed by atoms with van der Waals surface area (Å²) in [6, 6.07) is 2.09. The lowest BCUT2D eigenvalue weighted by Crippen LogP contribution is -2.21. The Morgan fingerprint density at radius 3 is 2.79 bits per heavy atom. The van der Waals surface area contributed by atoms with Crippen LogP contribution in [0.4, 0.5) is 11.8 Å². The van der Waals surface area contributed by atoms with Gasteiger partial charge in [-0.05, 0) is 35.6 Å². The maximum atomic E-state index is 4.56. The van der Waals surface area contributed by atoms with Gasteiger partial charge in [0.1, 0.15) is 10.6 Å². The first-order valence-corrected chi connectivity index (χ1v) is 7.69. The van der Waals surface area contributed by atoms with E-state index in [1.165, 1.54) is 12.8 Å². The van der Waals surface area contributed by atoms with E-state index in [-0.39, 0.29) is 0 Å². The lowest BCUT2D eigenvalue weighted by atomic mass is 9.92. The Kier molecular flexibility index (Phi) is 3.09. The molecule has 0 aromatic carbocycles. The molecule has 2 heterocycles. The van der Waals surface area contributed by atoms with Crippen molar-refractivity contribution in [3.63, 3.8) is 0 Å². The minimum absolute atomic E-state index is 0.479. The van der Waals surface area contributed by atoms with Gasteiger partial charge < -0.3 is 10.6 Å². The van der Waals surface area contributed by atoms with Gasteiger partial charge in [0.05, 0.1) is 5.39 Å². The fourth-order valence-corrected chi connectivity index (χ4v) is 3.24. The van der Waals surface area contributed by atoms with Gasteiger partial charge in [0, 0.05) is 13.6 Å². The van der Waals surface area contributed by atoms with Crippen molar-refractivity contribution in [3.05, 3.63) is 11.4 Å². The van der Waals surface area contributed by atoms with Crippen LogP contribution in [0.3, 0.4) is 0 Å². The average molecular weight is 276 g/mol. The molecule has 4 nitrogen and oxygen atoms in total. The van der Waals surface area contributed by atoms with E-state index < -0.39 is 0 Å². The van der Waals surface area contributed by atoms with E-state index in [0.29, 0.717) is 11.4 Å². The number of fused-ring (bicyclic) bond motifs is 1. The van der Waals surface area contributed by atoms with Crippen LogP contribution in [-0.4, -0.2) is 23.6 Å². The van der Waals surface area contributed by atoms with Crippen molar-refractivity contribution in [2.45, 2.75) is 26.7 Å². The van der Waals surface area contributed by atoms with Gasteiger partial charge in [0.2, 0.25) is 5.95 Å². The van der Waals surface area contributed by atoms with E-state index in [4.69, 9.17) is 0 Å². The second-order valence-electron chi connectivity index (χ2n) is 5.66. The largest absolute Gasteiger partial charge is 0.369 e. The Hall–Kier alpha value is -1.36. The molecule has 0 bridgehead atoms. The highest BCUT2D eigenvalue weighted by Crippen LogP contribution is 2.51. The topological polar surface area (TPSA) is 49.8 Å². The van der Waals surface area contributed by atoms with Gasteiger partial charge in [-0.2, -0.15) is 4.98 Å². The highest BCUT2D eigenvalue weighted by atomic mass is 32.1. The van der Waals surface area contributed by atoms with Crippen molar-refractivity contribution in [2.24, 2.45) is 11.3 Å². The molecule has 1 saturated carbocycles.